The number of carbonyl (C=O) groups excluding carboxylic acids is 1. The molecule has 0 saturated carbocycles. The van der Waals surface area contributed by atoms with Gasteiger partial charge in [0.2, 0.25) is 0 Å². The molecule has 0 aliphatic rings. The van der Waals surface area contributed by atoms with Crippen molar-refractivity contribution in [3.63, 3.8) is 0 Å². The second-order valence-corrected chi connectivity index (χ2v) is 4.81. The molecule has 3 rings (SSSR count). The van der Waals surface area contributed by atoms with Crippen LogP contribution in [0, 0.1) is 6.92 Å². The summed E-state index contributed by atoms with van der Waals surface area (Å²) in [6.07, 6.45) is 0. The minimum absolute atomic E-state index is 0.155. The van der Waals surface area contributed by atoms with E-state index in [2.05, 4.69) is 0 Å². The van der Waals surface area contributed by atoms with Gasteiger partial charge in [-0.05, 0) is 38.1 Å². The lowest BCUT2D eigenvalue weighted by molar-refractivity contribution is 0.0522. The predicted molar refractivity (Wildman–Crippen MR) is 79.2 cm³/mol. The van der Waals surface area contributed by atoms with Crippen molar-refractivity contribution in [2.75, 3.05) is 6.61 Å². The van der Waals surface area contributed by atoms with Crippen molar-refractivity contribution in [3.8, 4) is 0 Å². The Morgan fingerprint density at radius 2 is 1.59 bits per heavy atom. The topological polar surface area (TPSA) is 86.7 Å². The van der Waals surface area contributed by atoms with Gasteiger partial charge in [-0.1, -0.05) is 0 Å². The summed E-state index contributed by atoms with van der Waals surface area (Å²) in [5.41, 5.74) is -0.277. The van der Waals surface area contributed by atoms with E-state index in [-0.39, 0.29) is 12.2 Å². The largest absolute Gasteiger partial charge is 0.462 e. The van der Waals surface area contributed by atoms with Gasteiger partial charge in [-0.2, -0.15) is 0 Å². The average Bonchev–Trinajstić information content (AvgIpc) is 2.46. The summed E-state index contributed by atoms with van der Waals surface area (Å²) in [5.74, 6) is -0.747. The lowest BCUT2D eigenvalue weighted by atomic mass is 10.1. The van der Waals surface area contributed by atoms with Crippen LogP contribution in [0.15, 0.2) is 42.7 Å². The number of fused-ring (bicyclic) bond motifs is 2. The molecule has 22 heavy (non-hydrogen) atoms. The van der Waals surface area contributed by atoms with Gasteiger partial charge in [-0.25, -0.2) is 14.4 Å². The Labute approximate surface area is 123 Å². The van der Waals surface area contributed by atoms with Crippen LogP contribution < -0.4 is 11.3 Å². The average molecular weight is 300 g/mol. The highest BCUT2D eigenvalue weighted by Crippen LogP contribution is 2.22. The monoisotopic (exact) mass is 300 g/mol. The van der Waals surface area contributed by atoms with E-state index in [1.54, 1.807) is 32.0 Å². The predicted octanol–water partition coefficient (Wildman–Crippen LogP) is 2.38. The Kier molecular flexibility index (Phi) is 3.29. The number of esters is 1. The molecular weight excluding hydrogens is 288 g/mol. The molecular formula is C16H12O6. The number of aryl methyl sites for hydroxylation is 1. The molecule has 2 heterocycles. The first kappa shape index (κ1) is 14.1. The summed E-state index contributed by atoms with van der Waals surface area (Å²) in [6.45, 7) is 3.43. The van der Waals surface area contributed by atoms with Crippen molar-refractivity contribution < 1.29 is 18.4 Å². The number of hydrogen-bond donors (Lipinski definition) is 0. The highest BCUT2D eigenvalue weighted by molar-refractivity contribution is 5.97. The molecule has 0 atom stereocenters. The van der Waals surface area contributed by atoms with E-state index in [9.17, 15) is 14.4 Å². The molecule has 3 aromatic rings. The Bertz CT molecular complexity index is 1010. The van der Waals surface area contributed by atoms with Gasteiger partial charge in [0.1, 0.15) is 16.7 Å². The molecule has 0 fully saturated rings. The van der Waals surface area contributed by atoms with Crippen molar-refractivity contribution in [2.24, 2.45) is 0 Å². The Morgan fingerprint density at radius 3 is 2.23 bits per heavy atom. The maximum atomic E-state index is 11.9. The molecule has 1 aromatic carbocycles. The zero-order chi connectivity index (χ0) is 15.9. The molecule has 0 bridgehead atoms. The van der Waals surface area contributed by atoms with E-state index in [1.807, 2.05) is 0 Å². The Morgan fingerprint density at radius 1 is 1.00 bits per heavy atom. The minimum atomic E-state index is -0.764. The van der Waals surface area contributed by atoms with Crippen LogP contribution in [-0.4, -0.2) is 12.6 Å². The van der Waals surface area contributed by atoms with E-state index in [1.165, 1.54) is 6.07 Å². The van der Waals surface area contributed by atoms with Crippen LogP contribution in [0.25, 0.3) is 21.9 Å². The van der Waals surface area contributed by atoms with Gasteiger partial charge >= 0.3 is 17.2 Å². The smallest absolute Gasteiger partial charge is 0.351 e. The molecule has 2 aromatic heterocycles. The zero-order valence-electron chi connectivity index (χ0n) is 12.0. The standard InChI is InChI=1S/C16H12O6/c1-3-20-15(18)11-5-10-7-12-9(4-8(2)14(17)21-12)6-13(10)22-16(11)19/h4-7H,3H2,1-2H3. The van der Waals surface area contributed by atoms with E-state index >= 15 is 0 Å². The van der Waals surface area contributed by atoms with Crippen molar-refractivity contribution in [1.29, 1.82) is 0 Å². The molecule has 0 aliphatic carbocycles. The van der Waals surface area contributed by atoms with E-state index in [4.69, 9.17) is 13.6 Å². The summed E-state index contributed by atoms with van der Waals surface area (Å²) >= 11 is 0. The molecule has 0 aliphatic heterocycles. The third-order valence-corrected chi connectivity index (χ3v) is 3.26. The van der Waals surface area contributed by atoms with Gasteiger partial charge in [0, 0.05) is 16.3 Å². The number of ether oxygens (including phenoxy) is 1. The van der Waals surface area contributed by atoms with Gasteiger partial charge in [0.15, 0.2) is 0 Å². The lowest BCUT2D eigenvalue weighted by Gasteiger charge is -2.04. The number of benzene rings is 1. The first-order valence-corrected chi connectivity index (χ1v) is 6.69. The molecule has 0 N–H and O–H groups in total. The fourth-order valence-corrected chi connectivity index (χ4v) is 2.19. The van der Waals surface area contributed by atoms with Crippen molar-refractivity contribution in [3.05, 3.63) is 56.2 Å². The lowest BCUT2D eigenvalue weighted by Crippen LogP contribution is -2.16. The third-order valence-electron chi connectivity index (χ3n) is 3.26. The number of carbonyl (C=O) groups is 1. The second-order valence-electron chi connectivity index (χ2n) is 4.81. The number of rotatable bonds is 2. The molecule has 0 amide bonds. The van der Waals surface area contributed by atoms with Crippen molar-refractivity contribution in [1.82, 2.24) is 0 Å². The highest BCUT2D eigenvalue weighted by Gasteiger charge is 2.15. The van der Waals surface area contributed by atoms with Crippen LogP contribution in [0.2, 0.25) is 0 Å². The van der Waals surface area contributed by atoms with Gasteiger partial charge in [0.25, 0.3) is 0 Å². The maximum absolute atomic E-state index is 11.9. The third kappa shape index (κ3) is 2.28. The molecule has 0 unspecified atom stereocenters. The quantitative estimate of drug-likeness (QED) is 0.410. The van der Waals surface area contributed by atoms with Crippen LogP contribution >= 0.6 is 0 Å². The van der Waals surface area contributed by atoms with Gasteiger partial charge in [-0.15, -0.1) is 0 Å². The van der Waals surface area contributed by atoms with Crippen LogP contribution in [-0.2, 0) is 4.74 Å². The first-order valence-electron chi connectivity index (χ1n) is 6.69. The van der Waals surface area contributed by atoms with Crippen molar-refractivity contribution >= 4 is 27.9 Å². The van der Waals surface area contributed by atoms with Crippen LogP contribution in [0.1, 0.15) is 22.8 Å². The fourth-order valence-electron chi connectivity index (χ4n) is 2.19. The second kappa shape index (κ2) is 5.14. The molecule has 0 saturated heterocycles. The van der Waals surface area contributed by atoms with Gasteiger partial charge in [0.05, 0.1) is 6.61 Å². The van der Waals surface area contributed by atoms with E-state index in [0.717, 1.165) is 0 Å². The minimum Gasteiger partial charge on any atom is -0.462 e. The summed E-state index contributed by atoms with van der Waals surface area (Å²) in [4.78, 5) is 35.2. The normalized spacial score (nSPS) is 11.0. The summed E-state index contributed by atoms with van der Waals surface area (Å²) in [7, 11) is 0. The summed E-state index contributed by atoms with van der Waals surface area (Å²) in [6, 6.07) is 6.17. The molecule has 112 valence electrons. The van der Waals surface area contributed by atoms with Crippen molar-refractivity contribution in [2.45, 2.75) is 13.8 Å². The van der Waals surface area contributed by atoms with Crippen LogP contribution in [0.5, 0.6) is 0 Å². The molecule has 6 heteroatoms. The molecule has 6 nitrogen and oxygen atoms in total. The summed E-state index contributed by atoms with van der Waals surface area (Å²) < 4.78 is 15.2. The first-order chi connectivity index (χ1) is 10.5. The van der Waals surface area contributed by atoms with Crippen LogP contribution in [0.4, 0.5) is 0 Å². The van der Waals surface area contributed by atoms with E-state index in [0.29, 0.717) is 27.5 Å². The highest BCUT2D eigenvalue weighted by atomic mass is 16.5. The molecule has 0 spiro atoms. The van der Waals surface area contributed by atoms with Gasteiger partial charge < -0.3 is 13.6 Å². The van der Waals surface area contributed by atoms with Crippen LogP contribution in [0.3, 0.4) is 0 Å². The Hall–Kier alpha value is -2.89. The number of hydrogen-bond acceptors (Lipinski definition) is 6. The summed E-state index contributed by atoms with van der Waals surface area (Å²) in [5, 5.41) is 1.11. The zero-order valence-corrected chi connectivity index (χ0v) is 12.0. The maximum Gasteiger partial charge on any atom is 0.351 e. The van der Waals surface area contributed by atoms with Gasteiger partial charge in [-0.3, -0.25) is 0 Å². The Balaban J connectivity index is 2.30. The van der Waals surface area contributed by atoms with E-state index < -0.39 is 17.2 Å². The fraction of sp³-hybridized carbons (Fsp3) is 0.188. The SMILES string of the molecule is CCOC(=O)c1cc2cc3oc(=O)c(C)cc3cc2oc1=O. The molecule has 0 radical (unpaired) electrons.